The van der Waals surface area contributed by atoms with E-state index in [2.05, 4.69) is 5.18 Å². The van der Waals surface area contributed by atoms with Crippen molar-refractivity contribution in [3.8, 4) is 11.5 Å². The van der Waals surface area contributed by atoms with E-state index < -0.39 is 0 Å². The zero-order chi connectivity index (χ0) is 17.2. The molecule has 2 aromatic carbocycles. The van der Waals surface area contributed by atoms with E-state index in [4.69, 9.17) is 9.47 Å². The van der Waals surface area contributed by atoms with Crippen molar-refractivity contribution in [3.05, 3.63) is 59.5 Å². The van der Waals surface area contributed by atoms with Crippen LogP contribution >= 0.6 is 0 Å². The molecule has 122 valence electrons. The maximum absolute atomic E-state index is 9.92. The van der Waals surface area contributed by atoms with Crippen molar-refractivity contribution in [1.29, 1.82) is 0 Å². The predicted molar refractivity (Wildman–Crippen MR) is 94.1 cm³/mol. The summed E-state index contributed by atoms with van der Waals surface area (Å²) >= 11 is 0. The average molecular weight is 305 g/mol. The minimum Gasteiger partial charge on any atom is -0.497 e. The quantitative estimate of drug-likeness (QED) is 0.669. The number of rotatable bonds is 3. The molecule has 0 unspecified atom stereocenters. The van der Waals surface area contributed by atoms with Gasteiger partial charge < -0.3 is 9.47 Å². The van der Waals surface area contributed by atoms with E-state index in [9.17, 15) is 4.91 Å². The molecule has 2 rings (SSSR count). The molecule has 22 heavy (non-hydrogen) atoms. The van der Waals surface area contributed by atoms with E-state index in [1.165, 1.54) is 0 Å². The molecule has 4 heteroatoms. The second-order valence-electron chi connectivity index (χ2n) is 3.31. The van der Waals surface area contributed by atoms with E-state index in [0.29, 0.717) is 5.69 Å². The minimum absolute atomic E-state index is 0.417. The molecule has 0 aliphatic carbocycles. The van der Waals surface area contributed by atoms with Gasteiger partial charge >= 0.3 is 0 Å². The summed E-state index contributed by atoms with van der Waals surface area (Å²) in [5.41, 5.74) is 0.417. The summed E-state index contributed by atoms with van der Waals surface area (Å²) in [6, 6.07) is 16.3. The molecule has 4 nitrogen and oxygen atoms in total. The van der Waals surface area contributed by atoms with E-state index in [1.807, 2.05) is 58.0 Å². The van der Waals surface area contributed by atoms with Gasteiger partial charge in [0.25, 0.3) is 0 Å². The lowest BCUT2D eigenvalue weighted by molar-refractivity contribution is 0.414. The van der Waals surface area contributed by atoms with Gasteiger partial charge in [0.15, 0.2) is 0 Å². The van der Waals surface area contributed by atoms with Gasteiger partial charge in [-0.25, -0.2) is 0 Å². The fourth-order valence-electron chi connectivity index (χ4n) is 1.20. The van der Waals surface area contributed by atoms with Crippen LogP contribution in [0.3, 0.4) is 0 Å². The molecule has 0 heterocycles. The van der Waals surface area contributed by atoms with Crippen LogP contribution in [0.1, 0.15) is 27.7 Å². The Hall–Kier alpha value is -2.36. The van der Waals surface area contributed by atoms with Crippen LogP contribution in [0.25, 0.3) is 0 Å². The molecule has 0 radical (unpaired) electrons. The molecule has 0 N–H and O–H groups in total. The van der Waals surface area contributed by atoms with Gasteiger partial charge in [0.1, 0.15) is 17.2 Å². The Labute approximate surface area is 134 Å². The molecule has 0 spiro atoms. The molecule has 0 aliphatic rings. The number of methoxy groups -OCH3 is 2. The first-order chi connectivity index (χ1) is 10.8. The lowest BCUT2D eigenvalue weighted by Gasteiger charge is -1.96. The van der Waals surface area contributed by atoms with Gasteiger partial charge in [-0.2, -0.15) is 0 Å². The lowest BCUT2D eigenvalue weighted by Crippen LogP contribution is -1.79. The molecule has 0 fully saturated rings. The van der Waals surface area contributed by atoms with Gasteiger partial charge in [-0.1, -0.05) is 45.9 Å². The van der Waals surface area contributed by atoms with Crippen LogP contribution in [-0.2, 0) is 0 Å². The average Bonchev–Trinajstić information content (AvgIpc) is 2.66. The molecule has 2 aromatic rings. The summed E-state index contributed by atoms with van der Waals surface area (Å²) in [6.45, 7) is 8.00. The van der Waals surface area contributed by atoms with Crippen LogP contribution in [0.15, 0.2) is 59.8 Å². The SMILES string of the molecule is CC.CC.COc1ccc(N=O)cc1.COc1ccccc1. The van der Waals surface area contributed by atoms with Gasteiger partial charge in [-0.15, -0.1) is 4.91 Å². The first-order valence-corrected chi connectivity index (χ1v) is 7.36. The normalized spacial score (nSPS) is 7.73. The van der Waals surface area contributed by atoms with Gasteiger partial charge in [0.05, 0.1) is 14.2 Å². The van der Waals surface area contributed by atoms with Gasteiger partial charge in [0, 0.05) is 0 Å². The van der Waals surface area contributed by atoms with Crippen molar-refractivity contribution in [1.82, 2.24) is 0 Å². The Morgan fingerprint density at radius 3 is 1.41 bits per heavy atom. The molecular formula is C18H27NO3. The summed E-state index contributed by atoms with van der Waals surface area (Å²) in [6.07, 6.45) is 0. The summed E-state index contributed by atoms with van der Waals surface area (Å²) in [4.78, 5) is 9.92. The Kier molecular flexibility index (Phi) is 16.6. The number of nitrogens with zero attached hydrogens (tertiary/aromatic N) is 1. The van der Waals surface area contributed by atoms with E-state index in [-0.39, 0.29) is 0 Å². The third-order valence-corrected chi connectivity index (χ3v) is 2.16. The van der Waals surface area contributed by atoms with Crippen LogP contribution < -0.4 is 9.47 Å². The number of ether oxygens (including phenoxy) is 2. The third-order valence-electron chi connectivity index (χ3n) is 2.16. The summed E-state index contributed by atoms with van der Waals surface area (Å²) in [5, 5.41) is 2.74. The maximum atomic E-state index is 9.92. The van der Waals surface area contributed by atoms with Crippen molar-refractivity contribution in [3.63, 3.8) is 0 Å². The first-order valence-electron chi connectivity index (χ1n) is 7.36. The van der Waals surface area contributed by atoms with E-state index in [1.54, 1.807) is 38.5 Å². The number of benzene rings is 2. The number of para-hydroxylation sites is 1. The number of hydrogen-bond donors (Lipinski definition) is 0. The van der Waals surface area contributed by atoms with Crippen LogP contribution in [-0.4, -0.2) is 14.2 Å². The molecule has 0 aliphatic heterocycles. The molecule has 0 atom stereocenters. The van der Waals surface area contributed by atoms with Crippen molar-refractivity contribution in [2.75, 3.05) is 14.2 Å². The Bertz CT molecular complexity index is 456. The highest BCUT2D eigenvalue weighted by molar-refractivity contribution is 5.40. The lowest BCUT2D eigenvalue weighted by atomic mass is 10.3. The fourth-order valence-corrected chi connectivity index (χ4v) is 1.20. The third kappa shape index (κ3) is 10.4. The van der Waals surface area contributed by atoms with E-state index in [0.717, 1.165) is 11.5 Å². The second kappa shape index (κ2) is 16.7. The fraction of sp³-hybridized carbons (Fsp3) is 0.333. The van der Waals surface area contributed by atoms with Crippen molar-refractivity contribution < 1.29 is 9.47 Å². The summed E-state index contributed by atoms with van der Waals surface area (Å²) < 4.78 is 9.78. The molecule has 0 bridgehead atoms. The van der Waals surface area contributed by atoms with Crippen molar-refractivity contribution >= 4 is 5.69 Å². The molecule has 0 saturated heterocycles. The molecule has 0 saturated carbocycles. The molecule has 0 amide bonds. The van der Waals surface area contributed by atoms with Crippen molar-refractivity contribution in [2.24, 2.45) is 5.18 Å². The minimum atomic E-state index is 0.417. The maximum Gasteiger partial charge on any atom is 0.119 e. The highest BCUT2D eigenvalue weighted by atomic mass is 16.5. The van der Waals surface area contributed by atoms with Gasteiger partial charge in [0.2, 0.25) is 0 Å². The van der Waals surface area contributed by atoms with E-state index >= 15 is 0 Å². The Morgan fingerprint density at radius 2 is 1.09 bits per heavy atom. The smallest absolute Gasteiger partial charge is 0.119 e. The monoisotopic (exact) mass is 305 g/mol. The zero-order valence-electron chi connectivity index (χ0n) is 14.4. The Balaban J connectivity index is 0. The number of hydrogen-bond acceptors (Lipinski definition) is 4. The largest absolute Gasteiger partial charge is 0.497 e. The highest BCUT2D eigenvalue weighted by Crippen LogP contribution is 2.16. The van der Waals surface area contributed by atoms with Crippen LogP contribution in [0.2, 0.25) is 0 Å². The molecule has 0 aromatic heterocycles. The zero-order valence-corrected chi connectivity index (χ0v) is 14.4. The van der Waals surface area contributed by atoms with Crippen LogP contribution in [0.5, 0.6) is 11.5 Å². The predicted octanol–water partition coefficient (Wildman–Crippen LogP) is 5.84. The topological polar surface area (TPSA) is 47.9 Å². The Morgan fingerprint density at radius 1 is 0.682 bits per heavy atom. The van der Waals surface area contributed by atoms with Gasteiger partial charge in [-0.3, -0.25) is 0 Å². The number of nitroso groups, excluding NO2 is 1. The van der Waals surface area contributed by atoms with Crippen molar-refractivity contribution in [2.45, 2.75) is 27.7 Å². The first kappa shape index (κ1) is 21.9. The second-order valence-corrected chi connectivity index (χ2v) is 3.31. The molecular weight excluding hydrogens is 278 g/mol. The summed E-state index contributed by atoms with van der Waals surface area (Å²) in [5.74, 6) is 1.64. The summed E-state index contributed by atoms with van der Waals surface area (Å²) in [7, 11) is 3.23. The standard InChI is InChI=1S/C7H7NO2.C7H8O.2C2H6/c1-10-7-4-2-6(8-9)3-5-7;1-8-7-5-3-2-4-6-7;2*1-2/h2-5H,1H3;2-6H,1H3;2*1-2H3. The van der Waals surface area contributed by atoms with Gasteiger partial charge in [-0.05, 0) is 41.6 Å². The van der Waals surface area contributed by atoms with Crippen LogP contribution in [0.4, 0.5) is 5.69 Å². The highest BCUT2D eigenvalue weighted by Gasteiger charge is 1.90. The van der Waals surface area contributed by atoms with Crippen LogP contribution in [0, 0.1) is 4.91 Å².